The number of aliphatic hydroxyl groups is 1. The number of pyridine rings is 1. The molecule has 1 spiro atoms. The highest BCUT2D eigenvalue weighted by Gasteiger charge is 2.39. The molecule has 2 saturated heterocycles. The van der Waals surface area contributed by atoms with Crippen molar-refractivity contribution in [3.8, 4) is 5.82 Å². The number of rotatable bonds is 8. The number of hydrogen-bond acceptors (Lipinski definition) is 9. The van der Waals surface area contributed by atoms with Crippen LogP contribution in [0.1, 0.15) is 51.6 Å². The maximum Gasteiger partial charge on any atom is 0.278 e. The van der Waals surface area contributed by atoms with Crippen LogP contribution in [-0.2, 0) is 12.1 Å². The number of piperazine rings is 1. The first-order valence-corrected chi connectivity index (χ1v) is 16.6. The summed E-state index contributed by atoms with van der Waals surface area (Å²) < 4.78 is 3.19. The highest BCUT2D eigenvalue weighted by atomic mass is 16.3. The van der Waals surface area contributed by atoms with E-state index < -0.39 is 5.60 Å². The van der Waals surface area contributed by atoms with E-state index in [1.807, 2.05) is 6.07 Å². The number of allylic oxidation sites excluding steroid dienone is 1. The molecule has 5 heterocycles. The number of aromatic nitrogens is 5. The minimum atomic E-state index is -1.14. The van der Waals surface area contributed by atoms with Gasteiger partial charge < -0.3 is 20.6 Å². The van der Waals surface area contributed by atoms with Gasteiger partial charge in [0, 0.05) is 56.3 Å². The third kappa shape index (κ3) is 5.94. The van der Waals surface area contributed by atoms with Crippen LogP contribution in [0.3, 0.4) is 0 Å². The van der Waals surface area contributed by atoms with Gasteiger partial charge in [-0.3, -0.25) is 9.69 Å². The lowest BCUT2D eigenvalue weighted by Crippen LogP contribution is -2.52. The quantitative estimate of drug-likeness (QED) is 0.249. The van der Waals surface area contributed by atoms with Crippen molar-refractivity contribution in [1.29, 1.82) is 0 Å². The molecule has 0 unspecified atom stereocenters. The second kappa shape index (κ2) is 12.3. The van der Waals surface area contributed by atoms with E-state index in [4.69, 9.17) is 4.98 Å². The third-order valence-electron chi connectivity index (χ3n) is 10.2. The van der Waals surface area contributed by atoms with E-state index in [0.717, 1.165) is 37.9 Å². The van der Waals surface area contributed by atoms with Crippen molar-refractivity contribution in [1.82, 2.24) is 34.5 Å². The summed E-state index contributed by atoms with van der Waals surface area (Å²) >= 11 is 0. The Balaban J connectivity index is 1.04. The number of nitrogens with one attached hydrogen (secondary N) is 2. The van der Waals surface area contributed by atoms with Crippen LogP contribution in [0.15, 0.2) is 66.1 Å². The van der Waals surface area contributed by atoms with Crippen LogP contribution in [0.25, 0.3) is 16.9 Å². The van der Waals surface area contributed by atoms with Crippen molar-refractivity contribution in [2.75, 3.05) is 49.5 Å². The van der Waals surface area contributed by atoms with Gasteiger partial charge in [-0.25, -0.2) is 19.3 Å². The van der Waals surface area contributed by atoms with Gasteiger partial charge in [-0.2, -0.15) is 4.98 Å². The molecule has 11 heteroatoms. The molecular formula is C35H45N9O2. The van der Waals surface area contributed by atoms with Crippen LogP contribution < -0.4 is 21.1 Å². The lowest BCUT2D eigenvalue weighted by atomic mass is 9.71. The monoisotopic (exact) mass is 623 g/mol. The topological polar surface area (TPSA) is 116 Å². The van der Waals surface area contributed by atoms with E-state index in [0.29, 0.717) is 33.9 Å². The molecule has 46 heavy (non-hydrogen) atoms. The maximum absolute atomic E-state index is 13.3. The van der Waals surface area contributed by atoms with Gasteiger partial charge in [0.1, 0.15) is 11.0 Å². The molecule has 1 aromatic carbocycles. The first kappa shape index (κ1) is 30.6. The van der Waals surface area contributed by atoms with Crippen molar-refractivity contribution < 1.29 is 5.11 Å². The Hall–Kier alpha value is -4.06. The number of hydrogen-bond donors (Lipinski definition) is 3. The zero-order valence-electron chi connectivity index (χ0n) is 27.0. The molecule has 11 nitrogen and oxygen atoms in total. The SMILES string of the molecule is C=CCn1c(=O)c2cnc(Nc3ccc(N4CCN(C5CCC6(CCNC6)CC5)CC4)cc3)nc2n1-c1cccc(C(C)(C)O)n1. The fraction of sp³-hybridized carbons (Fsp3) is 0.486. The first-order valence-electron chi connectivity index (χ1n) is 16.6. The van der Waals surface area contributed by atoms with E-state index in [-0.39, 0.29) is 12.1 Å². The Kier molecular flexibility index (Phi) is 8.16. The van der Waals surface area contributed by atoms with Crippen LogP contribution in [0.5, 0.6) is 0 Å². The normalized spacial score (nSPS) is 22.5. The Labute approximate surface area is 270 Å². The maximum atomic E-state index is 13.3. The van der Waals surface area contributed by atoms with E-state index >= 15 is 0 Å². The highest BCUT2D eigenvalue weighted by molar-refractivity contribution is 5.77. The van der Waals surface area contributed by atoms with E-state index in [2.05, 4.69) is 61.2 Å². The molecule has 0 radical (unpaired) electrons. The zero-order chi connectivity index (χ0) is 31.9. The molecule has 7 rings (SSSR count). The Morgan fingerprint density at radius 3 is 2.50 bits per heavy atom. The Morgan fingerprint density at radius 2 is 1.83 bits per heavy atom. The van der Waals surface area contributed by atoms with E-state index in [9.17, 15) is 9.90 Å². The number of benzene rings is 1. The van der Waals surface area contributed by atoms with Crippen molar-refractivity contribution in [3.63, 3.8) is 0 Å². The third-order valence-corrected chi connectivity index (χ3v) is 10.2. The van der Waals surface area contributed by atoms with Gasteiger partial charge in [0.15, 0.2) is 11.5 Å². The molecule has 1 saturated carbocycles. The summed E-state index contributed by atoms with van der Waals surface area (Å²) in [5.41, 5.74) is 2.20. The molecule has 3 aromatic heterocycles. The average Bonchev–Trinajstić information content (AvgIpc) is 3.63. The lowest BCUT2D eigenvalue weighted by Gasteiger charge is -2.45. The van der Waals surface area contributed by atoms with Crippen LogP contribution >= 0.6 is 0 Å². The van der Waals surface area contributed by atoms with Crippen molar-refractivity contribution >= 4 is 28.4 Å². The fourth-order valence-electron chi connectivity index (χ4n) is 7.52. The minimum absolute atomic E-state index is 0.236. The first-order chi connectivity index (χ1) is 22.2. The smallest absolute Gasteiger partial charge is 0.278 e. The van der Waals surface area contributed by atoms with Crippen molar-refractivity contribution in [2.45, 2.75) is 64.1 Å². The molecule has 2 aliphatic heterocycles. The highest BCUT2D eigenvalue weighted by Crippen LogP contribution is 2.42. The minimum Gasteiger partial charge on any atom is -0.384 e. The van der Waals surface area contributed by atoms with Crippen LogP contribution in [0, 0.1) is 5.41 Å². The summed E-state index contributed by atoms with van der Waals surface area (Å²) in [6.45, 7) is 14.2. The molecule has 3 N–H and O–H groups in total. The predicted octanol–water partition coefficient (Wildman–Crippen LogP) is 4.18. The van der Waals surface area contributed by atoms with Crippen LogP contribution in [0.2, 0.25) is 0 Å². The largest absolute Gasteiger partial charge is 0.384 e. The van der Waals surface area contributed by atoms with Gasteiger partial charge in [-0.15, -0.1) is 6.58 Å². The van der Waals surface area contributed by atoms with Crippen LogP contribution in [-0.4, -0.2) is 79.6 Å². The fourth-order valence-corrected chi connectivity index (χ4v) is 7.52. The standard InChI is InChI=1S/C35H45N9O2/c1-4-18-43-32(45)28-23-37-33(40-31(28)44(43)30-7-5-6-29(39-30)34(2,3)46)38-25-8-10-26(11-9-25)41-19-21-42(22-20-41)27-12-14-35(15-13-27)16-17-36-24-35/h4-11,23,27,36,46H,1,12-22,24H2,2-3H3,(H,37,38,40). The summed E-state index contributed by atoms with van der Waals surface area (Å²) in [5.74, 6) is 0.848. The molecule has 4 aromatic rings. The summed E-state index contributed by atoms with van der Waals surface area (Å²) in [4.78, 5) is 32.4. The van der Waals surface area contributed by atoms with Crippen molar-refractivity contribution in [3.05, 3.63) is 77.4 Å². The average molecular weight is 624 g/mol. The molecule has 0 bridgehead atoms. The lowest BCUT2D eigenvalue weighted by molar-refractivity contribution is 0.0738. The van der Waals surface area contributed by atoms with Gasteiger partial charge >= 0.3 is 0 Å². The molecule has 0 amide bonds. The van der Waals surface area contributed by atoms with Gasteiger partial charge in [0.2, 0.25) is 5.95 Å². The zero-order valence-corrected chi connectivity index (χ0v) is 27.0. The summed E-state index contributed by atoms with van der Waals surface area (Å²) in [7, 11) is 0. The summed E-state index contributed by atoms with van der Waals surface area (Å²) in [6.07, 6.45) is 10.0. The van der Waals surface area contributed by atoms with Gasteiger partial charge in [-0.1, -0.05) is 12.1 Å². The summed E-state index contributed by atoms with van der Waals surface area (Å²) in [6, 6.07) is 14.5. The van der Waals surface area contributed by atoms with E-state index in [1.165, 1.54) is 55.6 Å². The van der Waals surface area contributed by atoms with E-state index in [1.54, 1.807) is 42.9 Å². The van der Waals surface area contributed by atoms with Gasteiger partial charge in [0.05, 0.1) is 12.2 Å². The predicted molar refractivity (Wildman–Crippen MR) is 182 cm³/mol. The van der Waals surface area contributed by atoms with Crippen molar-refractivity contribution in [2.24, 2.45) is 5.41 Å². The molecule has 3 aliphatic rings. The number of nitrogens with zero attached hydrogens (tertiary/aromatic N) is 7. The molecular weight excluding hydrogens is 578 g/mol. The van der Waals surface area contributed by atoms with Gasteiger partial charge in [0.25, 0.3) is 5.56 Å². The number of fused-ring (bicyclic) bond motifs is 1. The Morgan fingerprint density at radius 1 is 1.07 bits per heavy atom. The molecule has 242 valence electrons. The Bertz CT molecular complexity index is 1750. The van der Waals surface area contributed by atoms with Gasteiger partial charge in [-0.05, 0) is 94.3 Å². The summed E-state index contributed by atoms with van der Waals surface area (Å²) in [5, 5.41) is 17.8. The molecule has 0 atom stereocenters. The molecule has 3 fully saturated rings. The second-order valence-electron chi connectivity index (χ2n) is 13.7. The molecule has 1 aliphatic carbocycles. The van der Waals surface area contributed by atoms with Crippen LogP contribution in [0.4, 0.5) is 17.3 Å². The second-order valence-corrected chi connectivity index (χ2v) is 13.7. The number of anilines is 3.